The number of sulfonamides is 1. The monoisotopic (exact) mass is 311 g/mol. The van der Waals surface area contributed by atoms with Gasteiger partial charge in [0.05, 0.1) is 22.9 Å². The number of nitrogens with one attached hydrogen (secondary N) is 1. The van der Waals surface area contributed by atoms with Crippen LogP contribution in [0.25, 0.3) is 0 Å². The Hall–Kier alpha value is -0.180. The largest absolute Gasteiger partial charge is 0.392 e. The van der Waals surface area contributed by atoms with Crippen molar-refractivity contribution in [3.63, 3.8) is 0 Å². The zero-order chi connectivity index (χ0) is 14.5. The van der Waals surface area contributed by atoms with Crippen molar-refractivity contribution in [3.8, 4) is 0 Å². The fourth-order valence-electron chi connectivity index (χ4n) is 2.58. The molecular formula is C11H21NO5S2. The highest BCUT2D eigenvalue weighted by molar-refractivity contribution is 7.92. The van der Waals surface area contributed by atoms with Gasteiger partial charge >= 0.3 is 0 Å². The van der Waals surface area contributed by atoms with Gasteiger partial charge in [0.2, 0.25) is 10.0 Å². The lowest BCUT2D eigenvalue weighted by Gasteiger charge is -2.49. The molecule has 1 aliphatic heterocycles. The minimum absolute atomic E-state index is 0.0603. The van der Waals surface area contributed by atoms with Gasteiger partial charge in [-0.1, -0.05) is 13.8 Å². The Morgan fingerprint density at radius 1 is 1.21 bits per heavy atom. The second-order valence-electron chi connectivity index (χ2n) is 6.14. The van der Waals surface area contributed by atoms with Gasteiger partial charge in [0.25, 0.3) is 0 Å². The van der Waals surface area contributed by atoms with E-state index in [1.165, 1.54) is 0 Å². The molecule has 8 heteroatoms. The summed E-state index contributed by atoms with van der Waals surface area (Å²) in [7, 11) is -6.57. The first-order valence-electron chi connectivity index (χ1n) is 6.44. The van der Waals surface area contributed by atoms with Gasteiger partial charge in [-0.2, -0.15) is 0 Å². The number of sulfone groups is 1. The van der Waals surface area contributed by atoms with Crippen LogP contribution in [0.3, 0.4) is 0 Å². The standard InChI is InChI=1S/C11H21NO5S2/c1-11(2)9(7-10(11)13)12-19(16,17)8-3-5-18(14,15)6-4-8/h8-10,12-13H,3-7H2,1-2H3. The maximum atomic E-state index is 12.2. The molecule has 2 aliphatic rings. The van der Waals surface area contributed by atoms with E-state index in [1.807, 2.05) is 13.8 Å². The molecule has 1 saturated heterocycles. The van der Waals surface area contributed by atoms with E-state index in [2.05, 4.69) is 4.72 Å². The summed E-state index contributed by atoms with van der Waals surface area (Å²) in [6.07, 6.45) is 0.241. The molecule has 2 rings (SSSR count). The lowest BCUT2D eigenvalue weighted by molar-refractivity contribution is -0.0645. The zero-order valence-corrected chi connectivity index (χ0v) is 12.8. The van der Waals surface area contributed by atoms with E-state index >= 15 is 0 Å². The van der Waals surface area contributed by atoms with Crippen molar-refractivity contribution in [2.45, 2.75) is 50.5 Å². The minimum Gasteiger partial charge on any atom is -0.392 e. The summed E-state index contributed by atoms with van der Waals surface area (Å²) < 4.78 is 49.7. The Morgan fingerprint density at radius 3 is 2.16 bits per heavy atom. The maximum Gasteiger partial charge on any atom is 0.214 e. The van der Waals surface area contributed by atoms with E-state index < -0.39 is 36.6 Å². The van der Waals surface area contributed by atoms with Crippen LogP contribution in [0.1, 0.15) is 33.1 Å². The first-order chi connectivity index (χ1) is 8.55. The summed E-state index contributed by atoms with van der Waals surface area (Å²) in [5, 5.41) is 8.97. The molecule has 0 aromatic carbocycles. The van der Waals surface area contributed by atoms with E-state index in [9.17, 15) is 21.9 Å². The fraction of sp³-hybridized carbons (Fsp3) is 1.00. The molecule has 1 aliphatic carbocycles. The summed E-state index contributed by atoms with van der Waals surface area (Å²) >= 11 is 0. The summed E-state index contributed by atoms with van der Waals surface area (Å²) in [6, 6.07) is -0.272. The van der Waals surface area contributed by atoms with Gasteiger partial charge in [-0.3, -0.25) is 0 Å². The van der Waals surface area contributed by atoms with Crippen molar-refractivity contribution in [2.24, 2.45) is 5.41 Å². The third-order valence-corrected chi connectivity index (χ3v) is 8.14. The van der Waals surface area contributed by atoms with Crippen molar-refractivity contribution >= 4 is 19.9 Å². The molecular weight excluding hydrogens is 290 g/mol. The van der Waals surface area contributed by atoms with E-state index in [-0.39, 0.29) is 30.4 Å². The van der Waals surface area contributed by atoms with Crippen molar-refractivity contribution in [1.82, 2.24) is 4.72 Å². The van der Waals surface area contributed by atoms with E-state index in [0.29, 0.717) is 6.42 Å². The van der Waals surface area contributed by atoms with Crippen molar-refractivity contribution in [3.05, 3.63) is 0 Å². The van der Waals surface area contributed by atoms with Gasteiger partial charge in [-0.15, -0.1) is 0 Å². The van der Waals surface area contributed by atoms with Crippen LogP contribution < -0.4 is 4.72 Å². The van der Waals surface area contributed by atoms with E-state index in [0.717, 1.165) is 0 Å². The van der Waals surface area contributed by atoms with Crippen LogP contribution in [0.15, 0.2) is 0 Å². The van der Waals surface area contributed by atoms with Gasteiger partial charge < -0.3 is 5.11 Å². The zero-order valence-electron chi connectivity index (χ0n) is 11.2. The molecule has 6 nitrogen and oxygen atoms in total. The summed E-state index contributed by atoms with van der Waals surface area (Å²) in [6.45, 7) is 3.64. The molecule has 1 heterocycles. The first kappa shape index (κ1) is 15.2. The summed E-state index contributed by atoms with van der Waals surface area (Å²) in [5.74, 6) is -0.121. The Morgan fingerprint density at radius 2 is 1.74 bits per heavy atom. The number of hydrogen-bond acceptors (Lipinski definition) is 5. The molecule has 19 heavy (non-hydrogen) atoms. The second kappa shape index (κ2) is 4.68. The SMILES string of the molecule is CC1(C)C(O)CC1NS(=O)(=O)C1CCS(=O)(=O)CC1. The Balaban J connectivity index is 2.01. The highest BCUT2D eigenvalue weighted by atomic mass is 32.2. The van der Waals surface area contributed by atoms with Gasteiger partial charge in [0, 0.05) is 11.5 Å². The smallest absolute Gasteiger partial charge is 0.214 e. The lowest BCUT2D eigenvalue weighted by atomic mass is 9.65. The number of hydrogen-bond donors (Lipinski definition) is 2. The molecule has 0 aromatic heterocycles. The molecule has 2 N–H and O–H groups in total. The average Bonchev–Trinajstić information content (AvgIpc) is 2.28. The summed E-state index contributed by atoms with van der Waals surface area (Å²) in [5.41, 5.74) is -0.464. The molecule has 0 aromatic rings. The van der Waals surface area contributed by atoms with Crippen LogP contribution in [0.2, 0.25) is 0 Å². The van der Waals surface area contributed by atoms with E-state index in [4.69, 9.17) is 0 Å². The minimum atomic E-state index is -3.51. The maximum absolute atomic E-state index is 12.2. The van der Waals surface area contributed by atoms with Crippen LogP contribution in [0.4, 0.5) is 0 Å². The van der Waals surface area contributed by atoms with Crippen LogP contribution in [0, 0.1) is 5.41 Å². The third-order valence-electron chi connectivity index (χ3n) is 4.46. The molecule has 1 saturated carbocycles. The Bertz CT molecular complexity index is 538. The molecule has 0 spiro atoms. The number of rotatable bonds is 3. The predicted molar refractivity (Wildman–Crippen MR) is 71.9 cm³/mol. The van der Waals surface area contributed by atoms with Crippen LogP contribution in [-0.4, -0.2) is 50.8 Å². The topological polar surface area (TPSA) is 101 Å². The van der Waals surface area contributed by atoms with Crippen LogP contribution in [0.5, 0.6) is 0 Å². The molecule has 2 unspecified atom stereocenters. The van der Waals surface area contributed by atoms with Gasteiger partial charge in [0.15, 0.2) is 0 Å². The van der Waals surface area contributed by atoms with Crippen molar-refractivity contribution in [2.75, 3.05) is 11.5 Å². The lowest BCUT2D eigenvalue weighted by Crippen LogP contribution is -2.62. The average molecular weight is 311 g/mol. The normalized spacial score (nSPS) is 34.7. The molecule has 0 amide bonds. The van der Waals surface area contributed by atoms with Gasteiger partial charge in [-0.05, 0) is 19.3 Å². The molecule has 2 atom stereocenters. The molecule has 2 fully saturated rings. The highest BCUT2D eigenvalue weighted by Gasteiger charge is 2.49. The van der Waals surface area contributed by atoms with Gasteiger partial charge in [-0.25, -0.2) is 21.6 Å². The predicted octanol–water partition coefficient (Wildman–Crippen LogP) is -0.358. The third kappa shape index (κ3) is 2.96. The highest BCUT2D eigenvalue weighted by Crippen LogP contribution is 2.41. The second-order valence-corrected chi connectivity index (χ2v) is 10.4. The van der Waals surface area contributed by atoms with Gasteiger partial charge in [0.1, 0.15) is 9.84 Å². The van der Waals surface area contributed by atoms with Crippen molar-refractivity contribution < 1.29 is 21.9 Å². The van der Waals surface area contributed by atoms with Crippen LogP contribution in [-0.2, 0) is 19.9 Å². The first-order valence-corrected chi connectivity index (χ1v) is 9.81. The quantitative estimate of drug-likeness (QED) is 0.741. The summed E-state index contributed by atoms with van der Waals surface area (Å²) in [4.78, 5) is 0. The Kier molecular flexibility index (Phi) is 3.75. The molecule has 112 valence electrons. The van der Waals surface area contributed by atoms with Crippen LogP contribution >= 0.6 is 0 Å². The number of aliphatic hydroxyl groups excluding tert-OH is 1. The fourth-order valence-corrected chi connectivity index (χ4v) is 6.21. The number of aliphatic hydroxyl groups is 1. The van der Waals surface area contributed by atoms with E-state index in [1.54, 1.807) is 0 Å². The molecule has 0 bridgehead atoms. The van der Waals surface area contributed by atoms with Crippen molar-refractivity contribution in [1.29, 1.82) is 0 Å². The Labute approximate surface area is 114 Å². The molecule has 0 radical (unpaired) electrons.